The van der Waals surface area contributed by atoms with Crippen LogP contribution in [0.2, 0.25) is 0 Å². The van der Waals surface area contributed by atoms with E-state index in [1.54, 1.807) is 31.6 Å². The van der Waals surface area contributed by atoms with Crippen LogP contribution >= 0.6 is 0 Å². The van der Waals surface area contributed by atoms with Crippen molar-refractivity contribution in [1.82, 2.24) is 15.2 Å². The Hall–Kier alpha value is -2.70. The van der Waals surface area contributed by atoms with Crippen LogP contribution in [0, 0.1) is 5.92 Å². The van der Waals surface area contributed by atoms with Gasteiger partial charge in [-0.1, -0.05) is 0 Å². The van der Waals surface area contributed by atoms with Crippen LogP contribution in [0.15, 0.2) is 36.7 Å². The summed E-state index contributed by atoms with van der Waals surface area (Å²) in [5, 5.41) is 11.1. The minimum absolute atomic E-state index is 0.0178. The topological polar surface area (TPSA) is 80.2 Å². The van der Waals surface area contributed by atoms with Crippen molar-refractivity contribution >= 4 is 17.4 Å². The standard InChI is InChI=1S/C16H19N5O2/c1-23-15-7-6-14(19-20-15)21-9-3-4-12(11-21)16(22)18-13-5-2-8-17-10-13/h2,5-8,10,12H,3-4,9,11H2,1H3,(H,18,22)/t12-/m1/s1. The van der Waals surface area contributed by atoms with Crippen LogP contribution in [0.5, 0.6) is 5.88 Å². The average Bonchev–Trinajstić information content (AvgIpc) is 2.63. The van der Waals surface area contributed by atoms with E-state index < -0.39 is 0 Å². The number of hydrogen-bond acceptors (Lipinski definition) is 6. The summed E-state index contributed by atoms with van der Waals surface area (Å²) in [6.07, 6.45) is 5.14. The van der Waals surface area contributed by atoms with Gasteiger partial charge < -0.3 is 15.0 Å². The number of carbonyl (C=O) groups is 1. The number of aromatic nitrogens is 3. The molecular formula is C16H19N5O2. The van der Waals surface area contributed by atoms with Gasteiger partial charge in [0, 0.05) is 25.4 Å². The number of piperidine rings is 1. The highest BCUT2D eigenvalue weighted by atomic mass is 16.5. The first-order chi connectivity index (χ1) is 11.3. The lowest BCUT2D eigenvalue weighted by atomic mass is 9.97. The van der Waals surface area contributed by atoms with Gasteiger partial charge in [-0.05, 0) is 31.0 Å². The van der Waals surface area contributed by atoms with E-state index in [-0.39, 0.29) is 11.8 Å². The Labute approximate surface area is 134 Å². The zero-order valence-corrected chi connectivity index (χ0v) is 13.0. The number of anilines is 2. The zero-order chi connectivity index (χ0) is 16.1. The van der Waals surface area contributed by atoms with Crippen molar-refractivity contribution in [3.63, 3.8) is 0 Å². The van der Waals surface area contributed by atoms with E-state index in [9.17, 15) is 4.79 Å². The third-order valence-electron chi connectivity index (χ3n) is 3.88. The molecule has 3 heterocycles. The van der Waals surface area contributed by atoms with E-state index in [0.29, 0.717) is 12.4 Å². The third-order valence-corrected chi connectivity index (χ3v) is 3.88. The van der Waals surface area contributed by atoms with Gasteiger partial charge >= 0.3 is 0 Å². The smallest absolute Gasteiger partial charge is 0.233 e. The first-order valence-corrected chi connectivity index (χ1v) is 7.60. The van der Waals surface area contributed by atoms with Crippen molar-refractivity contribution in [2.75, 3.05) is 30.4 Å². The Balaban J connectivity index is 1.64. The summed E-state index contributed by atoms with van der Waals surface area (Å²) in [4.78, 5) is 18.5. The van der Waals surface area contributed by atoms with Crippen LogP contribution in [-0.4, -0.2) is 41.3 Å². The predicted molar refractivity (Wildman–Crippen MR) is 86.4 cm³/mol. The molecule has 3 rings (SSSR count). The van der Waals surface area contributed by atoms with Crippen LogP contribution in [-0.2, 0) is 4.79 Å². The largest absolute Gasteiger partial charge is 0.480 e. The summed E-state index contributed by atoms with van der Waals surface area (Å²) in [7, 11) is 1.56. The summed E-state index contributed by atoms with van der Waals surface area (Å²) in [5.74, 6) is 1.19. The lowest BCUT2D eigenvalue weighted by Crippen LogP contribution is -2.41. The molecule has 2 aromatic rings. The highest BCUT2D eigenvalue weighted by Gasteiger charge is 2.26. The maximum absolute atomic E-state index is 12.4. The highest BCUT2D eigenvalue weighted by molar-refractivity contribution is 5.92. The number of methoxy groups -OCH3 is 1. The summed E-state index contributed by atoms with van der Waals surface area (Å²) in [5.41, 5.74) is 0.721. The van der Waals surface area contributed by atoms with E-state index in [1.807, 2.05) is 12.1 Å². The molecule has 120 valence electrons. The van der Waals surface area contributed by atoms with Crippen molar-refractivity contribution in [2.45, 2.75) is 12.8 Å². The lowest BCUT2D eigenvalue weighted by molar-refractivity contribution is -0.120. The third kappa shape index (κ3) is 3.74. The van der Waals surface area contributed by atoms with E-state index in [1.165, 1.54) is 0 Å². The van der Waals surface area contributed by atoms with Gasteiger partial charge in [-0.25, -0.2) is 0 Å². The molecule has 2 aromatic heterocycles. The molecule has 1 saturated heterocycles. The molecule has 0 bridgehead atoms. The molecule has 1 atom stereocenters. The van der Waals surface area contributed by atoms with Crippen LogP contribution in [0.25, 0.3) is 0 Å². The van der Waals surface area contributed by atoms with Gasteiger partial charge in [0.15, 0.2) is 5.82 Å². The molecule has 1 fully saturated rings. The van der Waals surface area contributed by atoms with E-state index in [2.05, 4.69) is 25.4 Å². The average molecular weight is 313 g/mol. The van der Waals surface area contributed by atoms with Crippen molar-refractivity contribution in [3.05, 3.63) is 36.7 Å². The fraction of sp³-hybridized carbons (Fsp3) is 0.375. The van der Waals surface area contributed by atoms with Gasteiger partial charge in [-0.15, -0.1) is 10.2 Å². The number of ether oxygens (including phenoxy) is 1. The molecule has 0 saturated carbocycles. The van der Waals surface area contributed by atoms with E-state index in [4.69, 9.17) is 4.74 Å². The number of carbonyl (C=O) groups excluding carboxylic acids is 1. The maximum Gasteiger partial charge on any atom is 0.233 e. The monoisotopic (exact) mass is 313 g/mol. The number of amides is 1. The van der Waals surface area contributed by atoms with Gasteiger partial charge in [0.1, 0.15) is 0 Å². The molecular weight excluding hydrogens is 294 g/mol. The molecule has 1 aliphatic heterocycles. The van der Waals surface area contributed by atoms with E-state index in [0.717, 1.165) is 30.9 Å². The predicted octanol–water partition coefficient (Wildman–Crippen LogP) is 1.74. The van der Waals surface area contributed by atoms with Gasteiger partial charge in [0.25, 0.3) is 0 Å². The molecule has 1 aliphatic rings. The second-order valence-corrected chi connectivity index (χ2v) is 5.45. The summed E-state index contributed by atoms with van der Waals surface area (Å²) >= 11 is 0. The quantitative estimate of drug-likeness (QED) is 0.926. The Morgan fingerprint density at radius 1 is 1.35 bits per heavy atom. The fourth-order valence-corrected chi connectivity index (χ4v) is 2.67. The van der Waals surface area contributed by atoms with E-state index >= 15 is 0 Å². The molecule has 1 N–H and O–H groups in total. The summed E-state index contributed by atoms with van der Waals surface area (Å²) in [6, 6.07) is 7.28. The first-order valence-electron chi connectivity index (χ1n) is 7.60. The maximum atomic E-state index is 12.4. The molecule has 0 aromatic carbocycles. The first kappa shape index (κ1) is 15.2. The second kappa shape index (κ2) is 7.04. The molecule has 23 heavy (non-hydrogen) atoms. The van der Waals surface area contributed by atoms with Gasteiger partial charge in [0.2, 0.25) is 11.8 Å². The molecule has 7 nitrogen and oxygen atoms in total. The lowest BCUT2D eigenvalue weighted by Gasteiger charge is -2.32. The number of nitrogens with zero attached hydrogens (tertiary/aromatic N) is 4. The second-order valence-electron chi connectivity index (χ2n) is 5.45. The number of nitrogens with one attached hydrogen (secondary N) is 1. The van der Waals surface area contributed by atoms with Crippen LogP contribution < -0.4 is 15.0 Å². The fourth-order valence-electron chi connectivity index (χ4n) is 2.67. The normalized spacial score (nSPS) is 17.6. The van der Waals surface area contributed by atoms with Gasteiger partial charge in [-0.3, -0.25) is 9.78 Å². The van der Waals surface area contributed by atoms with Crippen molar-refractivity contribution in [3.8, 4) is 5.88 Å². The molecule has 1 amide bonds. The Morgan fingerprint density at radius 2 is 2.26 bits per heavy atom. The molecule has 0 radical (unpaired) electrons. The van der Waals surface area contributed by atoms with Gasteiger partial charge in [-0.2, -0.15) is 0 Å². The van der Waals surface area contributed by atoms with Crippen molar-refractivity contribution in [1.29, 1.82) is 0 Å². The van der Waals surface area contributed by atoms with Crippen LogP contribution in [0.3, 0.4) is 0 Å². The molecule has 0 spiro atoms. The van der Waals surface area contributed by atoms with Gasteiger partial charge in [0.05, 0.1) is 24.9 Å². The summed E-state index contributed by atoms with van der Waals surface area (Å²) in [6.45, 7) is 1.50. The summed E-state index contributed by atoms with van der Waals surface area (Å²) < 4.78 is 5.02. The SMILES string of the molecule is COc1ccc(N2CCC[C@@H](C(=O)Nc3cccnc3)C2)nn1. The highest BCUT2D eigenvalue weighted by Crippen LogP contribution is 2.23. The van der Waals surface area contributed by atoms with Crippen LogP contribution in [0.4, 0.5) is 11.5 Å². The molecule has 0 aliphatic carbocycles. The number of pyridine rings is 1. The minimum atomic E-state index is -0.0761. The minimum Gasteiger partial charge on any atom is -0.480 e. The Bertz CT molecular complexity index is 647. The molecule has 0 unspecified atom stereocenters. The van der Waals surface area contributed by atoms with Crippen molar-refractivity contribution < 1.29 is 9.53 Å². The Kier molecular flexibility index (Phi) is 4.65. The Morgan fingerprint density at radius 3 is 2.96 bits per heavy atom. The molecule has 7 heteroatoms. The van der Waals surface area contributed by atoms with Crippen LogP contribution in [0.1, 0.15) is 12.8 Å². The zero-order valence-electron chi connectivity index (χ0n) is 13.0. The number of hydrogen-bond donors (Lipinski definition) is 1. The van der Waals surface area contributed by atoms with Crippen molar-refractivity contribution in [2.24, 2.45) is 5.92 Å². The number of rotatable bonds is 4.